The number of hydrogen-bond donors (Lipinski definition) is 1. The summed E-state index contributed by atoms with van der Waals surface area (Å²) in [6.07, 6.45) is 4.15. The summed E-state index contributed by atoms with van der Waals surface area (Å²) in [7, 11) is 0. The second-order valence-corrected chi connectivity index (χ2v) is 7.21. The molecule has 0 atom stereocenters. The van der Waals surface area contributed by atoms with E-state index < -0.39 is 0 Å². The molecule has 0 saturated carbocycles. The first-order valence-electron chi connectivity index (χ1n) is 10.0. The van der Waals surface area contributed by atoms with Crippen molar-refractivity contribution in [2.45, 2.75) is 26.7 Å². The second-order valence-electron chi connectivity index (χ2n) is 7.21. The number of nitrogens with zero attached hydrogens (tertiary/aromatic N) is 1. The number of aryl methyl sites for hydroxylation is 1. The Balaban J connectivity index is 1.45. The number of aromatic nitrogens is 1. The van der Waals surface area contributed by atoms with Gasteiger partial charge in [-0.2, -0.15) is 0 Å². The van der Waals surface area contributed by atoms with Crippen LogP contribution in [0.5, 0.6) is 0 Å². The Morgan fingerprint density at radius 2 is 1.64 bits per heavy atom. The highest BCUT2D eigenvalue weighted by Crippen LogP contribution is 2.21. The molecule has 0 amide bonds. The molecule has 0 saturated heterocycles. The van der Waals surface area contributed by atoms with Crippen molar-refractivity contribution in [3.8, 4) is 11.1 Å². The van der Waals surface area contributed by atoms with Crippen molar-refractivity contribution in [3.05, 3.63) is 95.7 Å². The maximum atomic E-state index is 4.82. The lowest BCUT2D eigenvalue weighted by Gasteiger charge is -2.05. The van der Waals surface area contributed by atoms with Crippen LogP contribution in [0.3, 0.4) is 0 Å². The maximum Gasteiger partial charge on any atom is 0.0456 e. The molecular weight excluding hydrogens is 340 g/mol. The Morgan fingerprint density at radius 1 is 0.893 bits per heavy atom. The van der Waals surface area contributed by atoms with Gasteiger partial charge in [0, 0.05) is 29.4 Å². The van der Waals surface area contributed by atoms with Gasteiger partial charge in [0.05, 0.1) is 0 Å². The molecule has 1 aromatic heterocycles. The van der Waals surface area contributed by atoms with Gasteiger partial charge < -0.3 is 4.98 Å². The first-order valence-corrected chi connectivity index (χ1v) is 10.0. The Bertz CT molecular complexity index is 1090. The Kier molecular flexibility index (Phi) is 5.38. The average molecular weight is 367 g/mol. The number of aliphatic imine (C=N–C) groups is 1. The summed E-state index contributed by atoms with van der Waals surface area (Å²) in [6, 6.07) is 25.8. The lowest BCUT2D eigenvalue weighted by atomic mass is 10.0. The van der Waals surface area contributed by atoms with Crippen molar-refractivity contribution in [2.75, 3.05) is 6.54 Å². The molecule has 4 rings (SSSR count). The number of hydrogen-bond acceptors (Lipinski definition) is 1. The summed E-state index contributed by atoms with van der Waals surface area (Å²) in [6.45, 7) is 5.10. The summed E-state index contributed by atoms with van der Waals surface area (Å²) in [5.41, 5.74) is 8.70. The molecular formula is C26H26N2. The molecule has 140 valence electrons. The molecule has 0 unspecified atom stereocenters. The minimum atomic E-state index is 0.801. The molecule has 0 aliphatic rings. The Morgan fingerprint density at radius 3 is 2.39 bits per heavy atom. The van der Waals surface area contributed by atoms with Gasteiger partial charge in [-0.25, -0.2) is 0 Å². The molecule has 28 heavy (non-hydrogen) atoms. The third-order valence-corrected chi connectivity index (χ3v) is 5.38. The third-order valence-electron chi connectivity index (χ3n) is 5.38. The van der Waals surface area contributed by atoms with Crippen LogP contribution in [0.2, 0.25) is 0 Å². The molecule has 1 heterocycles. The topological polar surface area (TPSA) is 28.1 Å². The zero-order valence-corrected chi connectivity index (χ0v) is 16.6. The number of benzene rings is 3. The number of fused-ring (bicyclic) bond motifs is 1. The van der Waals surface area contributed by atoms with Gasteiger partial charge in [0.2, 0.25) is 0 Å². The number of H-pyrrole nitrogens is 1. The van der Waals surface area contributed by atoms with Crippen LogP contribution in [-0.2, 0) is 12.8 Å². The predicted molar refractivity (Wildman–Crippen MR) is 120 cm³/mol. The van der Waals surface area contributed by atoms with Crippen LogP contribution in [0.4, 0.5) is 0 Å². The van der Waals surface area contributed by atoms with Gasteiger partial charge in [0.25, 0.3) is 0 Å². The molecule has 0 radical (unpaired) electrons. The standard InChI is InChI=1S/C26H26N2/c1-3-20-9-14-26-25(17-20)24(18-28-26)15-16-27-19(2)21-10-12-23(13-11-21)22-7-5-4-6-8-22/h4-14,17-18,28H,3,15-16H2,1-2H3. The molecule has 0 aliphatic carbocycles. The summed E-state index contributed by atoms with van der Waals surface area (Å²) < 4.78 is 0. The molecule has 3 aromatic carbocycles. The number of rotatable bonds is 6. The Hall–Kier alpha value is -3.13. The zero-order valence-electron chi connectivity index (χ0n) is 16.6. The summed E-state index contributed by atoms with van der Waals surface area (Å²) in [4.78, 5) is 8.21. The van der Waals surface area contributed by atoms with E-state index in [2.05, 4.69) is 91.8 Å². The SMILES string of the molecule is CCc1ccc2[nH]cc(CCN=C(C)c3ccc(-c4ccccc4)cc3)c2c1. The van der Waals surface area contributed by atoms with Gasteiger partial charge in [-0.3, -0.25) is 4.99 Å². The van der Waals surface area contributed by atoms with E-state index in [1.54, 1.807) is 0 Å². The fourth-order valence-corrected chi connectivity index (χ4v) is 3.62. The van der Waals surface area contributed by atoms with Crippen molar-refractivity contribution in [1.82, 2.24) is 4.98 Å². The van der Waals surface area contributed by atoms with E-state index in [1.165, 1.54) is 38.7 Å². The fraction of sp³-hybridized carbons (Fsp3) is 0.192. The fourth-order valence-electron chi connectivity index (χ4n) is 3.62. The highest BCUT2D eigenvalue weighted by atomic mass is 14.7. The molecule has 4 aromatic rings. The van der Waals surface area contributed by atoms with Gasteiger partial charge in [-0.15, -0.1) is 0 Å². The molecule has 2 nitrogen and oxygen atoms in total. The quantitative estimate of drug-likeness (QED) is 0.380. The van der Waals surface area contributed by atoms with E-state index in [-0.39, 0.29) is 0 Å². The van der Waals surface area contributed by atoms with E-state index in [4.69, 9.17) is 4.99 Å². The summed E-state index contributed by atoms with van der Waals surface area (Å²) in [5, 5.41) is 1.33. The van der Waals surface area contributed by atoms with Crippen molar-refractivity contribution in [2.24, 2.45) is 4.99 Å². The van der Waals surface area contributed by atoms with E-state index in [0.29, 0.717) is 0 Å². The smallest absolute Gasteiger partial charge is 0.0456 e. The molecule has 0 fully saturated rings. The summed E-state index contributed by atoms with van der Waals surface area (Å²) in [5.74, 6) is 0. The normalized spacial score (nSPS) is 11.9. The van der Waals surface area contributed by atoms with Gasteiger partial charge in [0.15, 0.2) is 0 Å². The molecule has 0 bridgehead atoms. The van der Waals surface area contributed by atoms with Gasteiger partial charge >= 0.3 is 0 Å². The first-order chi connectivity index (χ1) is 13.7. The average Bonchev–Trinajstić information content (AvgIpc) is 3.16. The Labute approximate surface area is 167 Å². The monoisotopic (exact) mass is 366 g/mol. The first kappa shape index (κ1) is 18.2. The summed E-state index contributed by atoms with van der Waals surface area (Å²) >= 11 is 0. The van der Waals surface area contributed by atoms with Gasteiger partial charge in [0.1, 0.15) is 0 Å². The van der Waals surface area contributed by atoms with E-state index >= 15 is 0 Å². The molecule has 0 aliphatic heterocycles. The second kappa shape index (κ2) is 8.26. The van der Waals surface area contributed by atoms with Crippen LogP contribution in [0.1, 0.15) is 30.5 Å². The number of nitrogens with one attached hydrogen (secondary N) is 1. The van der Waals surface area contributed by atoms with Gasteiger partial charge in [-0.1, -0.05) is 67.6 Å². The molecule has 0 spiro atoms. The minimum Gasteiger partial charge on any atom is -0.361 e. The van der Waals surface area contributed by atoms with Crippen LogP contribution < -0.4 is 0 Å². The minimum absolute atomic E-state index is 0.801. The van der Waals surface area contributed by atoms with Crippen LogP contribution in [0, 0.1) is 0 Å². The van der Waals surface area contributed by atoms with Crippen LogP contribution in [0.15, 0.2) is 84.0 Å². The predicted octanol–water partition coefficient (Wildman–Crippen LogP) is 6.45. The number of aromatic amines is 1. The highest BCUT2D eigenvalue weighted by Gasteiger charge is 2.05. The van der Waals surface area contributed by atoms with Crippen molar-refractivity contribution < 1.29 is 0 Å². The largest absolute Gasteiger partial charge is 0.361 e. The van der Waals surface area contributed by atoms with E-state index in [1.807, 2.05) is 6.07 Å². The van der Waals surface area contributed by atoms with Crippen molar-refractivity contribution >= 4 is 16.6 Å². The van der Waals surface area contributed by atoms with E-state index in [9.17, 15) is 0 Å². The van der Waals surface area contributed by atoms with E-state index in [0.717, 1.165) is 25.1 Å². The lowest BCUT2D eigenvalue weighted by Crippen LogP contribution is -1.98. The highest BCUT2D eigenvalue weighted by molar-refractivity contribution is 5.99. The van der Waals surface area contributed by atoms with Crippen LogP contribution >= 0.6 is 0 Å². The van der Waals surface area contributed by atoms with Crippen molar-refractivity contribution in [1.29, 1.82) is 0 Å². The van der Waals surface area contributed by atoms with Gasteiger partial charge in [-0.05, 0) is 59.7 Å². The zero-order chi connectivity index (χ0) is 19.3. The molecule has 2 heteroatoms. The third kappa shape index (κ3) is 3.91. The lowest BCUT2D eigenvalue weighted by molar-refractivity contribution is 0.974. The van der Waals surface area contributed by atoms with Crippen LogP contribution in [-0.4, -0.2) is 17.2 Å². The van der Waals surface area contributed by atoms with Crippen molar-refractivity contribution in [3.63, 3.8) is 0 Å². The van der Waals surface area contributed by atoms with Crippen LogP contribution in [0.25, 0.3) is 22.0 Å². The molecule has 1 N–H and O–H groups in total. The maximum absolute atomic E-state index is 4.82.